The van der Waals surface area contributed by atoms with Crippen LogP contribution in [-0.2, 0) is 6.54 Å². The quantitative estimate of drug-likeness (QED) is 0.798. The highest BCUT2D eigenvalue weighted by atomic mass is 35.5. The van der Waals surface area contributed by atoms with E-state index in [2.05, 4.69) is 17.6 Å². The molecule has 0 aliphatic heterocycles. The summed E-state index contributed by atoms with van der Waals surface area (Å²) in [4.78, 5) is 0. The van der Waals surface area contributed by atoms with Crippen LogP contribution < -0.4 is 15.4 Å². The van der Waals surface area contributed by atoms with Gasteiger partial charge >= 0.3 is 0 Å². The first-order chi connectivity index (χ1) is 8.69. The number of halogens is 1. The maximum Gasteiger partial charge on any atom is 0.124 e. The summed E-state index contributed by atoms with van der Waals surface area (Å²) in [6.07, 6.45) is 2.66. The van der Waals surface area contributed by atoms with Crippen molar-refractivity contribution in [1.29, 1.82) is 0 Å². The van der Waals surface area contributed by atoms with Crippen LogP contribution in [0.1, 0.15) is 25.3 Å². The second-order valence-corrected chi connectivity index (χ2v) is 5.36. The summed E-state index contributed by atoms with van der Waals surface area (Å²) in [7, 11) is 1.67. The van der Waals surface area contributed by atoms with Gasteiger partial charge in [-0.05, 0) is 31.9 Å². The van der Waals surface area contributed by atoms with Gasteiger partial charge in [0.1, 0.15) is 5.75 Å². The minimum absolute atomic E-state index is 0.450. The molecule has 0 amide bonds. The molecule has 0 saturated heterocycles. The van der Waals surface area contributed by atoms with E-state index in [0.29, 0.717) is 11.1 Å². The molecule has 0 heterocycles. The van der Waals surface area contributed by atoms with Crippen LogP contribution in [0, 0.1) is 0 Å². The Kier molecular flexibility index (Phi) is 4.87. The zero-order valence-electron chi connectivity index (χ0n) is 11.0. The average molecular weight is 269 g/mol. The fourth-order valence-electron chi connectivity index (χ4n) is 1.85. The molecule has 2 rings (SSSR count). The van der Waals surface area contributed by atoms with Crippen LogP contribution in [0.25, 0.3) is 0 Å². The van der Waals surface area contributed by atoms with Crippen molar-refractivity contribution < 1.29 is 4.74 Å². The largest absolute Gasteiger partial charge is 0.496 e. The van der Waals surface area contributed by atoms with E-state index < -0.39 is 0 Å². The van der Waals surface area contributed by atoms with Gasteiger partial charge in [-0.25, -0.2) is 0 Å². The fraction of sp³-hybridized carbons (Fsp3) is 0.571. The van der Waals surface area contributed by atoms with Crippen molar-refractivity contribution in [3.63, 3.8) is 0 Å². The first-order valence-electron chi connectivity index (χ1n) is 6.48. The van der Waals surface area contributed by atoms with Gasteiger partial charge in [-0.3, -0.25) is 0 Å². The highest BCUT2D eigenvalue weighted by Crippen LogP contribution is 2.23. The van der Waals surface area contributed by atoms with Crippen LogP contribution in [0.4, 0.5) is 0 Å². The SMILES string of the molecule is COc1cc(Cl)ccc1CNC(C)CNC1CC1. The third kappa shape index (κ3) is 4.16. The maximum absolute atomic E-state index is 5.94. The highest BCUT2D eigenvalue weighted by molar-refractivity contribution is 6.30. The summed E-state index contributed by atoms with van der Waals surface area (Å²) in [6, 6.07) is 6.97. The van der Waals surface area contributed by atoms with Crippen molar-refractivity contribution in [1.82, 2.24) is 10.6 Å². The van der Waals surface area contributed by atoms with E-state index in [1.807, 2.05) is 18.2 Å². The van der Waals surface area contributed by atoms with Gasteiger partial charge in [-0.2, -0.15) is 0 Å². The Bertz CT molecular complexity index is 393. The molecule has 1 unspecified atom stereocenters. The second kappa shape index (κ2) is 6.41. The Balaban J connectivity index is 1.80. The van der Waals surface area contributed by atoms with Gasteiger partial charge in [-0.15, -0.1) is 0 Å². The molecule has 4 heteroatoms. The number of ether oxygens (including phenoxy) is 1. The predicted octanol–water partition coefficient (Wildman–Crippen LogP) is 2.58. The molecule has 3 nitrogen and oxygen atoms in total. The number of hydrogen-bond donors (Lipinski definition) is 2. The fourth-order valence-corrected chi connectivity index (χ4v) is 2.01. The van der Waals surface area contributed by atoms with E-state index in [1.165, 1.54) is 12.8 Å². The lowest BCUT2D eigenvalue weighted by Crippen LogP contribution is -2.36. The summed E-state index contributed by atoms with van der Waals surface area (Å²) in [5.41, 5.74) is 1.14. The Morgan fingerprint density at radius 2 is 2.22 bits per heavy atom. The van der Waals surface area contributed by atoms with E-state index in [4.69, 9.17) is 16.3 Å². The molecule has 0 radical (unpaired) electrons. The zero-order valence-corrected chi connectivity index (χ0v) is 11.8. The van der Waals surface area contributed by atoms with Crippen molar-refractivity contribution in [2.45, 2.75) is 38.4 Å². The standard InChI is InChI=1S/C14H21ClN2O/c1-10(8-17-13-5-6-13)16-9-11-3-4-12(15)7-14(11)18-2/h3-4,7,10,13,16-17H,5-6,8-9H2,1-2H3. The van der Waals surface area contributed by atoms with Crippen molar-refractivity contribution >= 4 is 11.6 Å². The lowest BCUT2D eigenvalue weighted by Gasteiger charge is -2.16. The summed E-state index contributed by atoms with van der Waals surface area (Å²) >= 11 is 5.94. The first kappa shape index (κ1) is 13.7. The van der Waals surface area contributed by atoms with Gasteiger partial charge in [-0.1, -0.05) is 17.7 Å². The first-order valence-corrected chi connectivity index (χ1v) is 6.86. The lowest BCUT2D eigenvalue weighted by molar-refractivity contribution is 0.404. The molecular formula is C14H21ClN2O. The molecule has 0 spiro atoms. The van der Waals surface area contributed by atoms with Gasteiger partial charge < -0.3 is 15.4 Å². The maximum atomic E-state index is 5.94. The van der Waals surface area contributed by atoms with Crippen molar-refractivity contribution in [3.05, 3.63) is 28.8 Å². The van der Waals surface area contributed by atoms with Gasteiger partial charge in [0.2, 0.25) is 0 Å². The van der Waals surface area contributed by atoms with Crippen LogP contribution in [0.5, 0.6) is 5.75 Å². The van der Waals surface area contributed by atoms with Gasteiger partial charge in [0.25, 0.3) is 0 Å². The third-order valence-electron chi connectivity index (χ3n) is 3.18. The van der Waals surface area contributed by atoms with Crippen molar-refractivity contribution in [2.24, 2.45) is 0 Å². The van der Waals surface area contributed by atoms with Crippen LogP contribution >= 0.6 is 11.6 Å². The molecule has 1 saturated carbocycles. The highest BCUT2D eigenvalue weighted by Gasteiger charge is 2.20. The number of rotatable bonds is 7. The summed E-state index contributed by atoms with van der Waals surface area (Å²) < 4.78 is 5.33. The topological polar surface area (TPSA) is 33.3 Å². The van der Waals surface area contributed by atoms with E-state index in [9.17, 15) is 0 Å². The Morgan fingerprint density at radius 3 is 2.89 bits per heavy atom. The number of methoxy groups -OCH3 is 1. The number of nitrogens with one attached hydrogen (secondary N) is 2. The monoisotopic (exact) mass is 268 g/mol. The van der Waals surface area contributed by atoms with Crippen LogP contribution in [-0.4, -0.2) is 25.7 Å². The Morgan fingerprint density at radius 1 is 1.44 bits per heavy atom. The predicted molar refractivity (Wildman–Crippen MR) is 75.3 cm³/mol. The van der Waals surface area contributed by atoms with Gasteiger partial charge in [0.05, 0.1) is 7.11 Å². The molecule has 1 aromatic rings. The van der Waals surface area contributed by atoms with Gasteiger partial charge in [0, 0.05) is 35.8 Å². The molecule has 18 heavy (non-hydrogen) atoms. The molecule has 1 atom stereocenters. The molecule has 1 aromatic carbocycles. The third-order valence-corrected chi connectivity index (χ3v) is 3.42. The number of benzene rings is 1. The van der Waals surface area contributed by atoms with Crippen LogP contribution in [0.15, 0.2) is 18.2 Å². The minimum Gasteiger partial charge on any atom is -0.496 e. The van der Waals surface area contributed by atoms with E-state index in [0.717, 1.165) is 30.4 Å². The zero-order chi connectivity index (χ0) is 13.0. The minimum atomic E-state index is 0.450. The smallest absolute Gasteiger partial charge is 0.124 e. The Hall–Kier alpha value is -0.770. The molecule has 2 N–H and O–H groups in total. The molecule has 100 valence electrons. The van der Waals surface area contributed by atoms with Crippen molar-refractivity contribution in [3.8, 4) is 5.75 Å². The molecule has 1 aliphatic carbocycles. The van der Waals surface area contributed by atoms with Crippen molar-refractivity contribution in [2.75, 3.05) is 13.7 Å². The van der Waals surface area contributed by atoms with E-state index in [1.54, 1.807) is 7.11 Å². The summed E-state index contributed by atoms with van der Waals surface area (Å²) in [5, 5.41) is 7.71. The Labute approximate surface area is 114 Å². The van der Waals surface area contributed by atoms with Gasteiger partial charge in [0.15, 0.2) is 0 Å². The van der Waals surface area contributed by atoms with Crippen LogP contribution in [0.2, 0.25) is 5.02 Å². The van der Waals surface area contributed by atoms with Crippen LogP contribution in [0.3, 0.4) is 0 Å². The van der Waals surface area contributed by atoms with E-state index in [-0.39, 0.29) is 0 Å². The molecule has 1 fully saturated rings. The van der Waals surface area contributed by atoms with E-state index >= 15 is 0 Å². The molecule has 0 aromatic heterocycles. The number of hydrogen-bond acceptors (Lipinski definition) is 3. The summed E-state index contributed by atoms with van der Waals surface area (Å²) in [5.74, 6) is 0.845. The summed E-state index contributed by atoms with van der Waals surface area (Å²) in [6.45, 7) is 4.01. The molecule has 1 aliphatic rings. The average Bonchev–Trinajstić information content (AvgIpc) is 3.18. The lowest BCUT2D eigenvalue weighted by atomic mass is 10.2. The molecular weight excluding hydrogens is 248 g/mol. The molecule has 0 bridgehead atoms. The second-order valence-electron chi connectivity index (χ2n) is 4.92. The normalized spacial score (nSPS) is 16.6.